The molecule has 0 bridgehead atoms. The molecular weight excluding hydrogens is 406 g/mol. The predicted molar refractivity (Wildman–Crippen MR) is 90.6 cm³/mol. The Balaban J connectivity index is 2.47. The van der Waals surface area contributed by atoms with E-state index in [9.17, 15) is 36.2 Å². The van der Waals surface area contributed by atoms with Crippen molar-refractivity contribution in [3.8, 4) is 11.3 Å². The molecule has 0 aromatic carbocycles. The highest BCUT2D eigenvalue weighted by atomic mass is 19.4. The fourth-order valence-electron chi connectivity index (χ4n) is 2.19. The highest BCUT2D eigenvalue weighted by Gasteiger charge is 2.50. The summed E-state index contributed by atoms with van der Waals surface area (Å²) in [6, 6.07) is 3.19. The molecule has 158 valence electrons. The summed E-state index contributed by atoms with van der Waals surface area (Å²) < 4.78 is 78.2. The molecule has 2 aromatic heterocycles. The monoisotopic (exact) mass is 422 g/mol. The minimum atomic E-state index is -5.04. The van der Waals surface area contributed by atoms with Crippen LogP contribution in [-0.4, -0.2) is 39.3 Å². The molecule has 12 heteroatoms. The van der Waals surface area contributed by atoms with Crippen LogP contribution in [0.2, 0.25) is 0 Å². The van der Waals surface area contributed by atoms with E-state index in [0.29, 0.717) is 18.7 Å². The van der Waals surface area contributed by atoms with Crippen molar-refractivity contribution >= 4 is 11.6 Å². The molecular formula is C17H16F6N4O2. The lowest BCUT2D eigenvalue weighted by atomic mass is 10.0. The van der Waals surface area contributed by atoms with Crippen molar-refractivity contribution in [2.24, 2.45) is 0 Å². The number of anilines is 1. The van der Waals surface area contributed by atoms with Crippen molar-refractivity contribution in [2.45, 2.75) is 31.8 Å². The number of aliphatic hydroxyl groups is 1. The Morgan fingerprint density at radius 2 is 1.83 bits per heavy atom. The number of amides is 1. The molecule has 2 rings (SSSR count). The van der Waals surface area contributed by atoms with E-state index in [1.54, 1.807) is 12.2 Å². The molecule has 0 aliphatic rings. The van der Waals surface area contributed by atoms with Gasteiger partial charge in [0.15, 0.2) is 11.3 Å². The Bertz CT molecular complexity index is 908. The lowest BCUT2D eigenvalue weighted by Crippen LogP contribution is -2.51. The van der Waals surface area contributed by atoms with Gasteiger partial charge in [0.05, 0.1) is 23.5 Å². The first-order valence-corrected chi connectivity index (χ1v) is 8.01. The molecule has 4 N–H and O–H groups in total. The number of pyridine rings is 2. The number of rotatable bonds is 4. The number of aryl methyl sites for hydroxylation is 1. The van der Waals surface area contributed by atoms with Gasteiger partial charge < -0.3 is 16.2 Å². The van der Waals surface area contributed by atoms with Crippen molar-refractivity contribution in [1.82, 2.24) is 15.3 Å². The second-order valence-corrected chi connectivity index (χ2v) is 6.46. The van der Waals surface area contributed by atoms with E-state index in [1.807, 2.05) is 0 Å². The lowest BCUT2D eigenvalue weighted by molar-refractivity contribution is -0.249. The fourth-order valence-corrected chi connectivity index (χ4v) is 2.19. The van der Waals surface area contributed by atoms with Crippen LogP contribution in [0, 0.1) is 6.92 Å². The van der Waals surface area contributed by atoms with Crippen LogP contribution in [0.25, 0.3) is 11.3 Å². The number of nitrogen functional groups attached to an aromatic ring is 1. The third-order valence-corrected chi connectivity index (χ3v) is 3.96. The summed E-state index contributed by atoms with van der Waals surface area (Å²) in [4.78, 5) is 19.7. The van der Waals surface area contributed by atoms with Crippen LogP contribution < -0.4 is 11.1 Å². The molecule has 2 aromatic rings. The number of nitrogens with zero attached hydrogens (tertiary/aromatic N) is 2. The molecule has 2 heterocycles. The maximum atomic E-state index is 13.4. The summed E-state index contributed by atoms with van der Waals surface area (Å²) in [6.45, 7) is 0.787. The van der Waals surface area contributed by atoms with Gasteiger partial charge in [0.25, 0.3) is 5.91 Å². The second kappa shape index (κ2) is 7.50. The second-order valence-electron chi connectivity index (χ2n) is 6.46. The average molecular weight is 422 g/mol. The first kappa shape index (κ1) is 22.4. The van der Waals surface area contributed by atoms with Crippen LogP contribution in [0.5, 0.6) is 0 Å². The quantitative estimate of drug-likeness (QED) is 0.658. The highest BCUT2D eigenvalue weighted by molar-refractivity contribution is 5.98. The third-order valence-electron chi connectivity index (χ3n) is 3.96. The first-order valence-electron chi connectivity index (χ1n) is 8.01. The van der Waals surface area contributed by atoms with Gasteiger partial charge in [-0.15, -0.1) is 0 Å². The normalized spacial score (nSPS) is 14.4. The van der Waals surface area contributed by atoms with Gasteiger partial charge >= 0.3 is 12.4 Å². The molecule has 1 amide bonds. The SMILES string of the molecule is Cc1ccc(-c2nc(C(=O)NCC(C)(O)C(F)(F)F)c(N)cc2C(F)(F)F)cn1. The van der Waals surface area contributed by atoms with Crippen molar-refractivity contribution in [3.05, 3.63) is 41.3 Å². The summed E-state index contributed by atoms with van der Waals surface area (Å²) in [6.07, 6.45) is -8.80. The molecule has 6 nitrogen and oxygen atoms in total. The highest BCUT2D eigenvalue weighted by Crippen LogP contribution is 2.38. The smallest absolute Gasteiger partial charge is 0.397 e. The summed E-state index contributed by atoms with van der Waals surface area (Å²) in [5.74, 6) is -1.28. The van der Waals surface area contributed by atoms with E-state index in [0.717, 1.165) is 6.20 Å². The van der Waals surface area contributed by atoms with Crippen molar-refractivity contribution in [2.75, 3.05) is 12.3 Å². The van der Waals surface area contributed by atoms with Gasteiger partial charge in [0.1, 0.15) is 0 Å². The summed E-state index contributed by atoms with van der Waals surface area (Å²) in [5, 5.41) is 11.2. The Hall–Kier alpha value is -2.89. The minimum Gasteiger partial charge on any atom is -0.397 e. The Kier molecular flexibility index (Phi) is 5.79. The third kappa shape index (κ3) is 4.94. The number of nitrogens with two attached hydrogens (primary N) is 1. The number of hydrogen-bond acceptors (Lipinski definition) is 5. The Morgan fingerprint density at radius 1 is 1.21 bits per heavy atom. The number of carbonyl (C=O) groups is 1. The summed E-state index contributed by atoms with van der Waals surface area (Å²) in [7, 11) is 0. The molecule has 1 unspecified atom stereocenters. The van der Waals surface area contributed by atoms with Gasteiger partial charge in [0.2, 0.25) is 0 Å². The van der Waals surface area contributed by atoms with Crippen molar-refractivity contribution < 1.29 is 36.2 Å². The van der Waals surface area contributed by atoms with Crippen LogP contribution in [0.3, 0.4) is 0 Å². The van der Waals surface area contributed by atoms with Crippen LogP contribution in [0.15, 0.2) is 24.4 Å². The number of aromatic nitrogens is 2. The standard InChI is InChI=1S/C17H16F6N4O2/c1-8-3-4-9(6-25-8)12-10(16(18,19)20)5-11(24)13(27-12)14(28)26-7-15(2,29)17(21,22)23/h3-6,29H,7,24H2,1-2H3,(H,26,28). The first-order chi connectivity index (χ1) is 13.1. The zero-order valence-electron chi connectivity index (χ0n) is 15.1. The number of halogens is 6. The number of alkyl halides is 6. The molecule has 0 saturated carbocycles. The lowest BCUT2D eigenvalue weighted by Gasteiger charge is -2.26. The topological polar surface area (TPSA) is 101 Å². The van der Waals surface area contributed by atoms with Crippen LogP contribution in [0.4, 0.5) is 32.0 Å². The van der Waals surface area contributed by atoms with Gasteiger partial charge in [-0.25, -0.2) is 4.98 Å². The number of nitrogens with one attached hydrogen (secondary N) is 1. The predicted octanol–water partition coefficient (Wildman–Crippen LogP) is 3.10. The van der Waals surface area contributed by atoms with Gasteiger partial charge in [-0.3, -0.25) is 9.78 Å². The van der Waals surface area contributed by atoms with Gasteiger partial charge in [-0.1, -0.05) is 0 Å². The van der Waals surface area contributed by atoms with Crippen LogP contribution in [0.1, 0.15) is 28.7 Å². The minimum absolute atomic E-state index is 0.0701. The van der Waals surface area contributed by atoms with Crippen molar-refractivity contribution in [3.63, 3.8) is 0 Å². The van der Waals surface area contributed by atoms with E-state index in [-0.39, 0.29) is 5.56 Å². The maximum absolute atomic E-state index is 13.4. The maximum Gasteiger partial charge on any atom is 0.418 e. The van der Waals surface area contributed by atoms with Crippen molar-refractivity contribution in [1.29, 1.82) is 0 Å². The largest absolute Gasteiger partial charge is 0.418 e. The van der Waals surface area contributed by atoms with E-state index < -0.39 is 53.0 Å². The number of carbonyl (C=O) groups excluding carboxylic acids is 1. The fraction of sp³-hybridized carbons (Fsp3) is 0.353. The number of hydrogen-bond donors (Lipinski definition) is 3. The summed E-state index contributed by atoms with van der Waals surface area (Å²) in [5.41, 5.74) is -0.619. The van der Waals surface area contributed by atoms with Crippen LogP contribution >= 0.6 is 0 Å². The van der Waals surface area contributed by atoms with Gasteiger partial charge in [-0.05, 0) is 32.0 Å². The van der Waals surface area contributed by atoms with E-state index in [2.05, 4.69) is 9.97 Å². The molecule has 0 spiro atoms. The molecule has 0 radical (unpaired) electrons. The molecule has 29 heavy (non-hydrogen) atoms. The Labute approximate surface area is 160 Å². The average Bonchev–Trinajstić information content (AvgIpc) is 2.58. The molecule has 0 aliphatic carbocycles. The van der Waals surface area contributed by atoms with E-state index in [1.165, 1.54) is 12.1 Å². The zero-order valence-corrected chi connectivity index (χ0v) is 15.1. The Morgan fingerprint density at radius 3 is 2.31 bits per heavy atom. The molecule has 0 saturated heterocycles. The van der Waals surface area contributed by atoms with E-state index >= 15 is 0 Å². The summed E-state index contributed by atoms with van der Waals surface area (Å²) >= 11 is 0. The zero-order chi connectivity index (χ0) is 22.2. The van der Waals surface area contributed by atoms with E-state index in [4.69, 9.17) is 5.73 Å². The molecule has 1 atom stereocenters. The van der Waals surface area contributed by atoms with Crippen LogP contribution in [-0.2, 0) is 6.18 Å². The van der Waals surface area contributed by atoms with Gasteiger partial charge in [-0.2, -0.15) is 26.3 Å². The molecule has 0 aliphatic heterocycles. The molecule has 0 fully saturated rings. The van der Waals surface area contributed by atoms with Gasteiger partial charge in [0, 0.05) is 17.5 Å².